The molecule has 1 aromatic carbocycles. The van der Waals surface area contributed by atoms with Crippen LogP contribution >= 0.6 is 0 Å². The van der Waals surface area contributed by atoms with Crippen molar-refractivity contribution in [2.24, 2.45) is 11.8 Å². The summed E-state index contributed by atoms with van der Waals surface area (Å²) in [5.41, 5.74) is 2.21. The lowest BCUT2D eigenvalue weighted by molar-refractivity contribution is -0.119. The Bertz CT molecular complexity index is 400. The number of hydrogen-bond donors (Lipinski definition) is 1. The van der Waals surface area contributed by atoms with Gasteiger partial charge in [0.05, 0.1) is 0 Å². The fourth-order valence-electron chi connectivity index (χ4n) is 2.56. The van der Waals surface area contributed by atoms with Crippen molar-refractivity contribution >= 4 is 11.6 Å². The summed E-state index contributed by atoms with van der Waals surface area (Å²) in [7, 11) is 0. The number of nitrogens with one attached hydrogen (secondary N) is 1. The molecule has 0 aromatic heterocycles. The summed E-state index contributed by atoms with van der Waals surface area (Å²) in [6, 6.07) is 8.13. The lowest BCUT2D eigenvalue weighted by atomic mass is 10.1. The van der Waals surface area contributed by atoms with Crippen LogP contribution in [0.3, 0.4) is 0 Å². The van der Waals surface area contributed by atoms with E-state index in [0.717, 1.165) is 24.9 Å². The second-order valence-corrected chi connectivity index (χ2v) is 5.16. The molecule has 0 saturated heterocycles. The van der Waals surface area contributed by atoms with Gasteiger partial charge in [-0.2, -0.15) is 0 Å². The molecule has 2 heteroatoms. The molecular weight excluding hydrogens is 210 g/mol. The van der Waals surface area contributed by atoms with E-state index in [2.05, 4.69) is 31.3 Å². The highest BCUT2D eigenvalue weighted by Crippen LogP contribution is 2.31. The van der Waals surface area contributed by atoms with Crippen molar-refractivity contribution in [3.05, 3.63) is 29.8 Å². The van der Waals surface area contributed by atoms with Gasteiger partial charge in [0, 0.05) is 11.6 Å². The van der Waals surface area contributed by atoms with Crippen molar-refractivity contribution in [3.8, 4) is 0 Å². The maximum Gasteiger partial charge on any atom is 0.227 e. The molecule has 2 unspecified atom stereocenters. The molecule has 0 heterocycles. The quantitative estimate of drug-likeness (QED) is 0.845. The van der Waals surface area contributed by atoms with Gasteiger partial charge in [0.25, 0.3) is 0 Å². The van der Waals surface area contributed by atoms with Crippen molar-refractivity contribution in [2.75, 3.05) is 5.32 Å². The summed E-state index contributed by atoms with van der Waals surface area (Å²) in [6.45, 7) is 4.35. The SMILES string of the molecule is CCc1cccc(NC(=O)C2CCC(C)C2)c1. The zero-order chi connectivity index (χ0) is 12.3. The molecule has 1 saturated carbocycles. The van der Waals surface area contributed by atoms with E-state index in [0.29, 0.717) is 5.92 Å². The zero-order valence-corrected chi connectivity index (χ0v) is 10.7. The number of amides is 1. The Kier molecular flexibility index (Phi) is 3.82. The highest BCUT2D eigenvalue weighted by atomic mass is 16.1. The van der Waals surface area contributed by atoms with Crippen LogP contribution in [-0.4, -0.2) is 5.91 Å². The lowest BCUT2D eigenvalue weighted by Crippen LogP contribution is -2.20. The molecule has 0 bridgehead atoms. The van der Waals surface area contributed by atoms with Gasteiger partial charge in [-0.1, -0.05) is 26.0 Å². The van der Waals surface area contributed by atoms with E-state index >= 15 is 0 Å². The molecule has 1 amide bonds. The second-order valence-electron chi connectivity index (χ2n) is 5.16. The van der Waals surface area contributed by atoms with Gasteiger partial charge >= 0.3 is 0 Å². The smallest absolute Gasteiger partial charge is 0.227 e. The van der Waals surface area contributed by atoms with Gasteiger partial charge < -0.3 is 5.32 Å². The number of rotatable bonds is 3. The standard InChI is InChI=1S/C15H21NO/c1-3-12-5-4-6-14(10-12)16-15(17)13-8-7-11(2)9-13/h4-6,10-11,13H,3,7-9H2,1-2H3,(H,16,17). The molecule has 0 spiro atoms. The van der Waals surface area contributed by atoms with E-state index in [1.807, 2.05) is 12.1 Å². The topological polar surface area (TPSA) is 29.1 Å². The molecule has 0 aliphatic heterocycles. The monoisotopic (exact) mass is 231 g/mol. The normalized spacial score (nSPS) is 23.6. The summed E-state index contributed by atoms with van der Waals surface area (Å²) in [4.78, 5) is 12.0. The molecule has 1 fully saturated rings. The Hall–Kier alpha value is -1.31. The number of carbonyl (C=O) groups is 1. The van der Waals surface area contributed by atoms with Crippen molar-refractivity contribution in [1.29, 1.82) is 0 Å². The van der Waals surface area contributed by atoms with Crippen LogP contribution in [0.15, 0.2) is 24.3 Å². The molecule has 2 atom stereocenters. The number of carbonyl (C=O) groups excluding carboxylic acids is 1. The summed E-state index contributed by atoms with van der Waals surface area (Å²) in [5, 5.41) is 3.04. The molecule has 2 nitrogen and oxygen atoms in total. The number of hydrogen-bond acceptors (Lipinski definition) is 1. The highest BCUT2D eigenvalue weighted by Gasteiger charge is 2.27. The Balaban J connectivity index is 1.98. The van der Waals surface area contributed by atoms with Crippen LogP contribution in [0.25, 0.3) is 0 Å². The third-order valence-electron chi connectivity index (χ3n) is 3.67. The van der Waals surface area contributed by atoms with E-state index in [4.69, 9.17) is 0 Å². The van der Waals surface area contributed by atoms with Gasteiger partial charge in [0.2, 0.25) is 5.91 Å². The molecule has 2 rings (SSSR count). The highest BCUT2D eigenvalue weighted by molar-refractivity contribution is 5.92. The Morgan fingerprint density at radius 3 is 2.88 bits per heavy atom. The number of anilines is 1. The van der Waals surface area contributed by atoms with Crippen LogP contribution in [-0.2, 0) is 11.2 Å². The Morgan fingerprint density at radius 1 is 1.41 bits per heavy atom. The fourth-order valence-corrected chi connectivity index (χ4v) is 2.56. The summed E-state index contributed by atoms with van der Waals surface area (Å²) in [5.74, 6) is 1.12. The second kappa shape index (κ2) is 5.35. The Morgan fingerprint density at radius 2 is 2.24 bits per heavy atom. The van der Waals surface area contributed by atoms with E-state index in [-0.39, 0.29) is 11.8 Å². The average Bonchev–Trinajstić information content (AvgIpc) is 2.76. The number of aryl methyl sites for hydroxylation is 1. The van der Waals surface area contributed by atoms with Crippen molar-refractivity contribution < 1.29 is 4.79 Å². The molecule has 1 aliphatic rings. The van der Waals surface area contributed by atoms with Gasteiger partial charge in [0.1, 0.15) is 0 Å². The molecule has 0 radical (unpaired) electrons. The summed E-state index contributed by atoms with van der Waals surface area (Å²) >= 11 is 0. The minimum Gasteiger partial charge on any atom is -0.326 e. The van der Waals surface area contributed by atoms with Crippen molar-refractivity contribution in [1.82, 2.24) is 0 Å². The zero-order valence-electron chi connectivity index (χ0n) is 10.7. The van der Waals surface area contributed by atoms with Crippen LogP contribution in [0.5, 0.6) is 0 Å². The first-order valence-electron chi connectivity index (χ1n) is 6.59. The van der Waals surface area contributed by atoms with Gasteiger partial charge in [-0.05, 0) is 49.3 Å². The summed E-state index contributed by atoms with van der Waals surface area (Å²) < 4.78 is 0. The van der Waals surface area contributed by atoms with Crippen LogP contribution in [0.2, 0.25) is 0 Å². The predicted octanol–water partition coefficient (Wildman–Crippen LogP) is 3.62. The van der Waals surface area contributed by atoms with Gasteiger partial charge in [-0.25, -0.2) is 0 Å². The maximum absolute atomic E-state index is 12.0. The van der Waals surface area contributed by atoms with Crippen LogP contribution in [0.4, 0.5) is 5.69 Å². The molecule has 1 N–H and O–H groups in total. The first-order valence-corrected chi connectivity index (χ1v) is 6.59. The molecule has 1 aromatic rings. The third kappa shape index (κ3) is 3.09. The third-order valence-corrected chi connectivity index (χ3v) is 3.67. The van der Waals surface area contributed by atoms with Crippen LogP contribution in [0, 0.1) is 11.8 Å². The molecule has 92 valence electrons. The van der Waals surface area contributed by atoms with Crippen LogP contribution in [0.1, 0.15) is 38.7 Å². The maximum atomic E-state index is 12.0. The van der Waals surface area contributed by atoms with Crippen molar-refractivity contribution in [3.63, 3.8) is 0 Å². The lowest BCUT2D eigenvalue weighted by Gasteiger charge is -2.11. The van der Waals surface area contributed by atoms with Crippen LogP contribution < -0.4 is 5.32 Å². The van der Waals surface area contributed by atoms with Gasteiger partial charge in [-0.3, -0.25) is 4.79 Å². The molecule has 17 heavy (non-hydrogen) atoms. The van der Waals surface area contributed by atoms with Gasteiger partial charge in [-0.15, -0.1) is 0 Å². The van der Waals surface area contributed by atoms with Gasteiger partial charge in [0.15, 0.2) is 0 Å². The average molecular weight is 231 g/mol. The van der Waals surface area contributed by atoms with E-state index in [1.165, 1.54) is 12.0 Å². The molecule has 1 aliphatic carbocycles. The van der Waals surface area contributed by atoms with E-state index in [1.54, 1.807) is 0 Å². The van der Waals surface area contributed by atoms with E-state index in [9.17, 15) is 4.79 Å². The fraction of sp³-hybridized carbons (Fsp3) is 0.533. The molecular formula is C15H21NO. The largest absolute Gasteiger partial charge is 0.326 e. The minimum absolute atomic E-state index is 0.197. The number of benzene rings is 1. The summed E-state index contributed by atoms with van der Waals surface area (Å²) in [6.07, 6.45) is 4.27. The Labute approximate surface area is 103 Å². The predicted molar refractivity (Wildman–Crippen MR) is 71.0 cm³/mol. The first kappa shape index (κ1) is 12.2. The van der Waals surface area contributed by atoms with Crippen molar-refractivity contribution in [2.45, 2.75) is 39.5 Å². The first-order chi connectivity index (χ1) is 8.19. The minimum atomic E-state index is 0.197. The van der Waals surface area contributed by atoms with E-state index < -0.39 is 0 Å².